The Morgan fingerprint density at radius 3 is 2.55 bits per heavy atom. The van der Waals surface area contributed by atoms with E-state index in [2.05, 4.69) is 10.1 Å². The Labute approximate surface area is 115 Å². The van der Waals surface area contributed by atoms with Gasteiger partial charge in [0.1, 0.15) is 11.5 Å². The van der Waals surface area contributed by atoms with Crippen LogP contribution in [0.5, 0.6) is 5.75 Å². The predicted molar refractivity (Wildman–Crippen MR) is 67.8 cm³/mol. The van der Waals surface area contributed by atoms with E-state index in [9.17, 15) is 18.4 Å². The number of ketones is 1. The smallest absolute Gasteiger partial charge is 0.387 e. The number of ether oxygens (including phenoxy) is 1. The molecule has 1 aromatic carbocycles. The lowest BCUT2D eigenvalue weighted by Crippen LogP contribution is -2.37. The zero-order valence-electron chi connectivity index (χ0n) is 10.8. The van der Waals surface area contributed by atoms with E-state index in [0.717, 1.165) is 0 Å². The molecule has 1 aliphatic carbocycles. The number of rotatable bonds is 4. The fourth-order valence-electron chi connectivity index (χ4n) is 2.20. The van der Waals surface area contributed by atoms with Crippen molar-refractivity contribution in [3.05, 3.63) is 29.8 Å². The van der Waals surface area contributed by atoms with Gasteiger partial charge in [-0.05, 0) is 25.0 Å². The van der Waals surface area contributed by atoms with Crippen molar-refractivity contribution in [1.29, 1.82) is 0 Å². The molecule has 1 fully saturated rings. The third-order valence-corrected chi connectivity index (χ3v) is 3.23. The van der Waals surface area contributed by atoms with Gasteiger partial charge in [0.05, 0.1) is 5.56 Å². The zero-order chi connectivity index (χ0) is 14.5. The maximum atomic E-state index is 12.3. The van der Waals surface area contributed by atoms with Crippen molar-refractivity contribution < 1.29 is 23.1 Å². The maximum Gasteiger partial charge on any atom is 0.387 e. The van der Waals surface area contributed by atoms with Crippen LogP contribution in [0.3, 0.4) is 0 Å². The number of alkyl halides is 2. The summed E-state index contributed by atoms with van der Waals surface area (Å²) in [5.41, 5.74) is 0.0738. The second-order valence-corrected chi connectivity index (χ2v) is 4.66. The topological polar surface area (TPSA) is 55.4 Å². The van der Waals surface area contributed by atoms with Crippen LogP contribution in [0, 0.1) is 0 Å². The Hall–Kier alpha value is -1.98. The molecule has 0 bridgehead atoms. The molecule has 1 saturated carbocycles. The molecule has 0 aliphatic heterocycles. The summed E-state index contributed by atoms with van der Waals surface area (Å²) in [7, 11) is 0. The summed E-state index contributed by atoms with van der Waals surface area (Å²) in [6.45, 7) is -2.98. The number of hydrogen-bond donors (Lipinski definition) is 1. The van der Waals surface area contributed by atoms with Crippen LogP contribution in [0.15, 0.2) is 24.3 Å². The first-order chi connectivity index (χ1) is 9.56. The second kappa shape index (κ2) is 6.45. The molecule has 0 unspecified atom stereocenters. The molecule has 0 atom stereocenters. The lowest BCUT2D eigenvalue weighted by atomic mass is 9.94. The molecule has 108 valence electrons. The van der Waals surface area contributed by atoms with E-state index in [-0.39, 0.29) is 23.1 Å². The van der Waals surface area contributed by atoms with Crippen LogP contribution in [0.4, 0.5) is 8.78 Å². The molecular formula is C14H15F2NO3. The minimum atomic E-state index is -2.98. The van der Waals surface area contributed by atoms with Gasteiger partial charge in [-0.3, -0.25) is 9.59 Å². The van der Waals surface area contributed by atoms with Gasteiger partial charge < -0.3 is 10.1 Å². The number of nitrogens with one attached hydrogen (secondary N) is 1. The molecule has 0 radical (unpaired) electrons. The average molecular weight is 283 g/mol. The fraction of sp³-hybridized carbons (Fsp3) is 0.429. The highest BCUT2D eigenvalue weighted by atomic mass is 19.3. The Morgan fingerprint density at radius 1 is 1.25 bits per heavy atom. The number of carbonyl (C=O) groups is 2. The van der Waals surface area contributed by atoms with E-state index >= 15 is 0 Å². The second-order valence-electron chi connectivity index (χ2n) is 4.66. The minimum absolute atomic E-state index is 0.0738. The van der Waals surface area contributed by atoms with Crippen LogP contribution in [-0.4, -0.2) is 24.3 Å². The highest BCUT2D eigenvalue weighted by Crippen LogP contribution is 2.21. The average Bonchev–Trinajstić information content (AvgIpc) is 2.41. The van der Waals surface area contributed by atoms with E-state index in [1.165, 1.54) is 18.2 Å². The molecule has 2 rings (SSSR count). The standard InChI is InChI=1S/C14H15F2NO3/c15-14(16)20-12-4-2-1-3-11(12)13(19)17-9-5-7-10(18)8-6-9/h1-4,9,14H,5-8H2,(H,17,19). The Morgan fingerprint density at radius 2 is 1.90 bits per heavy atom. The summed E-state index contributed by atoms with van der Waals surface area (Å²) >= 11 is 0. The molecule has 0 saturated heterocycles. The molecule has 4 nitrogen and oxygen atoms in total. The highest BCUT2D eigenvalue weighted by Gasteiger charge is 2.22. The molecule has 0 spiro atoms. The van der Waals surface area contributed by atoms with Crippen molar-refractivity contribution in [2.75, 3.05) is 0 Å². The van der Waals surface area contributed by atoms with E-state index < -0.39 is 12.5 Å². The van der Waals surface area contributed by atoms with Crippen molar-refractivity contribution in [2.45, 2.75) is 38.3 Å². The van der Waals surface area contributed by atoms with Gasteiger partial charge in [0.2, 0.25) is 0 Å². The number of amides is 1. The Bertz CT molecular complexity index is 495. The summed E-state index contributed by atoms with van der Waals surface area (Å²) in [5, 5.41) is 2.75. The quantitative estimate of drug-likeness (QED) is 0.923. The number of para-hydroxylation sites is 1. The normalized spacial score (nSPS) is 16.2. The molecule has 0 aromatic heterocycles. The van der Waals surface area contributed by atoms with Crippen LogP contribution in [-0.2, 0) is 4.79 Å². The zero-order valence-corrected chi connectivity index (χ0v) is 10.8. The molecule has 1 N–H and O–H groups in total. The van der Waals surface area contributed by atoms with Crippen LogP contribution in [0.2, 0.25) is 0 Å². The van der Waals surface area contributed by atoms with Crippen LogP contribution < -0.4 is 10.1 Å². The number of carbonyl (C=O) groups excluding carboxylic acids is 2. The van der Waals surface area contributed by atoms with Gasteiger partial charge in [0, 0.05) is 18.9 Å². The molecule has 1 amide bonds. The monoisotopic (exact) mass is 283 g/mol. The number of Topliss-reactive ketones (excluding diaryl/α,β-unsaturated/α-hetero) is 1. The van der Waals surface area contributed by atoms with Crippen LogP contribution >= 0.6 is 0 Å². The third-order valence-electron chi connectivity index (χ3n) is 3.23. The van der Waals surface area contributed by atoms with Gasteiger partial charge in [-0.2, -0.15) is 8.78 Å². The molecule has 0 heterocycles. The maximum absolute atomic E-state index is 12.3. The first-order valence-electron chi connectivity index (χ1n) is 6.42. The summed E-state index contributed by atoms with van der Waals surface area (Å²) < 4.78 is 28.9. The summed E-state index contributed by atoms with van der Waals surface area (Å²) in [5.74, 6) is -0.413. The summed E-state index contributed by atoms with van der Waals surface area (Å²) in [4.78, 5) is 23.2. The van der Waals surface area contributed by atoms with E-state index in [0.29, 0.717) is 25.7 Å². The molecule has 6 heteroatoms. The van der Waals surface area contributed by atoms with Crippen molar-refractivity contribution in [2.24, 2.45) is 0 Å². The number of halogens is 2. The molecular weight excluding hydrogens is 268 g/mol. The molecule has 20 heavy (non-hydrogen) atoms. The first kappa shape index (κ1) is 14.4. The minimum Gasteiger partial charge on any atom is -0.434 e. The largest absolute Gasteiger partial charge is 0.434 e. The van der Waals surface area contributed by atoms with E-state index in [1.807, 2.05) is 0 Å². The van der Waals surface area contributed by atoms with Crippen LogP contribution in [0.25, 0.3) is 0 Å². The highest BCUT2D eigenvalue weighted by molar-refractivity contribution is 5.97. The van der Waals surface area contributed by atoms with Crippen molar-refractivity contribution >= 4 is 11.7 Å². The van der Waals surface area contributed by atoms with Gasteiger partial charge in [-0.1, -0.05) is 12.1 Å². The summed E-state index contributed by atoms with van der Waals surface area (Å²) in [6.07, 6.45) is 2.06. The first-order valence-corrected chi connectivity index (χ1v) is 6.42. The van der Waals surface area contributed by atoms with Gasteiger partial charge in [-0.15, -0.1) is 0 Å². The van der Waals surface area contributed by atoms with Crippen molar-refractivity contribution in [3.8, 4) is 5.75 Å². The molecule has 1 aromatic rings. The van der Waals surface area contributed by atoms with E-state index in [1.54, 1.807) is 6.07 Å². The summed E-state index contributed by atoms with van der Waals surface area (Å²) in [6, 6.07) is 5.76. The Kier molecular flexibility index (Phi) is 4.65. The lowest BCUT2D eigenvalue weighted by molar-refractivity contribution is -0.120. The SMILES string of the molecule is O=C1CCC(NC(=O)c2ccccc2OC(F)F)CC1. The Balaban J connectivity index is 2.03. The van der Waals surface area contributed by atoms with Crippen molar-refractivity contribution in [3.63, 3.8) is 0 Å². The van der Waals surface area contributed by atoms with Gasteiger partial charge >= 0.3 is 6.61 Å². The molecule has 1 aliphatic rings. The van der Waals surface area contributed by atoms with Crippen molar-refractivity contribution in [1.82, 2.24) is 5.32 Å². The van der Waals surface area contributed by atoms with Gasteiger partial charge in [-0.25, -0.2) is 0 Å². The predicted octanol–water partition coefficient (Wildman–Crippen LogP) is 2.53. The number of hydrogen-bond acceptors (Lipinski definition) is 3. The third kappa shape index (κ3) is 3.76. The van der Waals surface area contributed by atoms with Gasteiger partial charge in [0.15, 0.2) is 0 Å². The number of benzene rings is 1. The van der Waals surface area contributed by atoms with E-state index in [4.69, 9.17) is 0 Å². The lowest BCUT2D eigenvalue weighted by Gasteiger charge is -2.22. The fourth-order valence-corrected chi connectivity index (χ4v) is 2.20. The van der Waals surface area contributed by atoms with Gasteiger partial charge in [0.25, 0.3) is 5.91 Å². The van der Waals surface area contributed by atoms with Crippen LogP contribution in [0.1, 0.15) is 36.0 Å².